The Labute approximate surface area is 213 Å². The van der Waals surface area contributed by atoms with E-state index in [0.29, 0.717) is 38.6 Å². The minimum Gasteiger partial charge on any atom is -0.444 e. The first-order valence-corrected chi connectivity index (χ1v) is 14.8. The maximum atomic E-state index is 13.5. The lowest BCUT2D eigenvalue weighted by Gasteiger charge is -2.30. The Hall–Kier alpha value is -2.37. The van der Waals surface area contributed by atoms with Crippen LogP contribution in [0.2, 0.25) is 0 Å². The van der Waals surface area contributed by atoms with Crippen molar-refractivity contribution in [3.05, 3.63) is 0 Å². The van der Waals surface area contributed by atoms with Crippen molar-refractivity contribution in [2.45, 2.75) is 108 Å². The van der Waals surface area contributed by atoms with Gasteiger partial charge in [0.25, 0.3) is 5.91 Å². The number of amides is 4. The van der Waals surface area contributed by atoms with Crippen molar-refractivity contribution in [2.75, 3.05) is 12.8 Å². The zero-order chi connectivity index (χ0) is 26.7. The van der Waals surface area contributed by atoms with E-state index < -0.39 is 51.2 Å². The lowest BCUT2D eigenvalue weighted by molar-refractivity contribution is -0.141. The lowest BCUT2D eigenvalue weighted by Crippen LogP contribution is -2.58. The molecule has 0 bridgehead atoms. The van der Waals surface area contributed by atoms with E-state index in [2.05, 4.69) is 10.6 Å². The van der Waals surface area contributed by atoms with Crippen LogP contribution >= 0.6 is 0 Å². The van der Waals surface area contributed by atoms with Crippen molar-refractivity contribution < 1.29 is 32.3 Å². The van der Waals surface area contributed by atoms with Crippen LogP contribution in [-0.4, -0.2) is 73.2 Å². The Bertz CT molecular complexity index is 977. The molecule has 3 rings (SSSR count). The molecule has 0 aromatic carbocycles. The van der Waals surface area contributed by atoms with Gasteiger partial charge in [0, 0.05) is 6.54 Å². The summed E-state index contributed by atoms with van der Waals surface area (Å²) < 4.78 is 30.8. The largest absolute Gasteiger partial charge is 0.444 e. The monoisotopic (exact) mass is 528 g/mol. The number of carbonyl (C=O) groups excluding carboxylic acids is 4. The summed E-state index contributed by atoms with van der Waals surface area (Å²) in [7, 11) is -3.79. The molecule has 3 aliphatic rings. The van der Waals surface area contributed by atoms with E-state index in [-0.39, 0.29) is 11.8 Å². The van der Waals surface area contributed by atoms with Crippen molar-refractivity contribution in [2.24, 2.45) is 5.92 Å². The van der Waals surface area contributed by atoms with Crippen LogP contribution in [0, 0.1) is 5.92 Å². The first kappa shape index (κ1) is 28.2. The van der Waals surface area contributed by atoms with Crippen LogP contribution in [0.15, 0.2) is 0 Å². The fourth-order valence-electron chi connectivity index (χ4n) is 5.21. The second-order valence-corrected chi connectivity index (χ2v) is 13.0. The van der Waals surface area contributed by atoms with Gasteiger partial charge in [-0.1, -0.05) is 32.1 Å². The van der Waals surface area contributed by atoms with Gasteiger partial charge in [-0.2, -0.15) is 0 Å². The fourth-order valence-corrected chi connectivity index (χ4v) is 5.73. The number of nitrogens with one attached hydrogen (secondary N) is 3. The van der Waals surface area contributed by atoms with Gasteiger partial charge in [-0.3, -0.25) is 19.1 Å². The summed E-state index contributed by atoms with van der Waals surface area (Å²) >= 11 is 0. The molecule has 2 aliphatic heterocycles. The molecule has 4 amide bonds. The first-order chi connectivity index (χ1) is 16.7. The van der Waals surface area contributed by atoms with Crippen molar-refractivity contribution in [3.63, 3.8) is 0 Å². The SMILES string of the molecule is CC(C)(C)OC(=O)N[C@H]1CCCCCCC[C@@H]2C[C@@]2(C(=O)NS(C)(=O)=O)NC(=O)[C@@H]2CCCN2C1=O. The van der Waals surface area contributed by atoms with Gasteiger partial charge in [0.1, 0.15) is 23.2 Å². The van der Waals surface area contributed by atoms with Gasteiger partial charge in [0.2, 0.25) is 21.8 Å². The average molecular weight is 529 g/mol. The average Bonchev–Trinajstić information content (AvgIpc) is 3.20. The standard InChI is InChI=1S/C24H40N4O7S/c1-23(2,3)35-22(32)25-17-12-9-7-5-6-8-11-16-15-24(16,21(31)27-36(4,33)34)26-19(29)18-13-10-14-28(18)20(17)30/h16-18H,5-15H2,1-4H3,(H,25,32)(H,26,29)(H,27,31)/t16-,17+,18+,24-/m1/s1. The topological polar surface area (TPSA) is 151 Å². The predicted octanol–water partition coefficient (Wildman–Crippen LogP) is 1.57. The fraction of sp³-hybridized carbons (Fsp3) is 0.833. The molecule has 0 unspecified atom stereocenters. The molecule has 0 spiro atoms. The summed E-state index contributed by atoms with van der Waals surface area (Å²) in [6.07, 6.45) is 7.07. The van der Waals surface area contributed by atoms with Gasteiger partial charge in [0.15, 0.2) is 0 Å². The van der Waals surface area contributed by atoms with Gasteiger partial charge < -0.3 is 20.3 Å². The minimum atomic E-state index is -3.79. The van der Waals surface area contributed by atoms with E-state index in [1.54, 1.807) is 20.8 Å². The first-order valence-electron chi connectivity index (χ1n) is 12.9. The highest BCUT2D eigenvalue weighted by atomic mass is 32.2. The normalized spacial score (nSPS) is 30.1. The van der Waals surface area contributed by atoms with Crippen LogP contribution in [0.4, 0.5) is 4.79 Å². The number of nitrogens with zero attached hydrogens (tertiary/aromatic N) is 1. The second kappa shape index (κ2) is 10.9. The molecular weight excluding hydrogens is 488 g/mol. The molecule has 36 heavy (non-hydrogen) atoms. The molecule has 2 heterocycles. The van der Waals surface area contributed by atoms with Gasteiger partial charge in [-0.25, -0.2) is 13.2 Å². The van der Waals surface area contributed by atoms with E-state index in [4.69, 9.17) is 4.74 Å². The summed E-state index contributed by atoms with van der Waals surface area (Å²) in [5.74, 6) is -1.71. The van der Waals surface area contributed by atoms with E-state index in [1.807, 2.05) is 4.72 Å². The van der Waals surface area contributed by atoms with Gasteiger partial charge in [-0.15, -0.1) is 0 Å². The van der Waals surface area contributed by atoms with E-state index >= 15 is 0 Å². The molecule has 2 saturated heterocycles. The molecule has 4 atom stereocenters. The van der Waals surface area contributed by atoms with Crippen LogP contribution in [0.25, 0.3) is 0 Å². The Morgan fingerprint density at radius 3 is 2.31 bits per heavy atom. The molecule has 0 radical (unpaired) electrons. The number of hydrogen-bond donors (Lipinski definition) is 3. The van der Waals surface area contributed by atoms with Crippen LogP contribution in [-0.2, 0) is 29.1 Å². The third-order valence-electron chi connectivity index (χ3n) is 7.01. The number of alkyl carbamates (subject to hydrolysis) is 1. The van der Waals surface area contributed by atoms with Crippen LogP contribution < -0.4 is 15.4 Å². The smallest absolute Gasteiger partial charge is 0.408 e. The summed E-state index contributed by atoms with van der Waals surface area (Å²) in [4.78, 5) is 53.7. The molecule has 11 nitrogen and oxygen atoms in total. The van der Waals surface area contributed by atoms with Crippen molar-refractivity contribution >= 4 is 33.8 Å². The lowest BCUT2D eigenvalue weighted by atomic mass is 10.0. The number of rotatable bonds is 3. The predicted molar refractivity (Wildman–Crippen MR) is 132 cm³/mol. The number of sulfonamides is 1. The maximum Gasteiger partial charge on any atom is 0.408 e. The van der Waals surface area contributed by atoms with E-state index in [9.17, 15) is 27.6 Å². The Morgan fingerprint density at radius 1 is 1.03 bits per heavy atom. The van der Waals surface area contributed by atoms with Crippen LogP contribution in [0.5, 0.6) is 0 Å². The van der Waals surface area contributed by atoms with E-state index in [0.717, 1.165) is 38.4 Å². The third kappa shape index (κ3) is 7.33. The van der Waals surface area contributed by atoms with Crippen LogP contribution in [0.3, 0.4) is 0 Å². The highest BCUT2D eigenvalue weighted by Gasteiger charge is 2.61. The van der Waals surface area contributed by atoms with E-state index in [1.165, 1.54) is 4.90 Å². The van der Waals surface area contributed by atoms with Crippen molar-refractivity contribution in [1.29, 1.82) is 0 Å². The van der Waals surface area contributed by atoms with Gasteiger partial charge >= 0.3 is 6.09 Å². The zero-order valence-electron chi connectivity index (χ0n) is 21.7. The molecule has 204 valence electrons. The molecule has 0 aromatic heterocycles. The summed E-state index contributed by atoms with van der Waals surface area (Å²) in [6, 6.07) is -1.62. The Morgan fingerprint density at radius 2 is 1.67 bits per heavy atom. The number of fused-ring (bicyclic) bond motifs is 2. The molecule has 3 N–H and O–H groups in total. The van der Waals surface area contributed by atoms with Gasteiger partial charge in [-0.05, 0) is 58.8 Å². The second-order valence-electron chi connectivity index (χ2n) is 11.3. The van der Waals surface area contributed by atoms with Gasteiger partial charge in [0.05, 0.1) is 6.26 Å². The zero-order valence-corrected chi connectivity index (χ0v) is 22.5. The third-order valence-corrected chi connectivity index (χ3v) is 7.56. The summed E-state index contributed by atoms with van der Waals surface area (Å²) in [5, 5.41) is 5.52. The Balaban J connectivity index is 1.81. The molecular formula is C24H40N4O7S. The molecule has 0 aromatic rings. The molecule has 3 fully saturated rings. The molecule has 1 aliphatic carbocycles. The number of carbonyl (C=O) groups is 4. The highest BCUT2D eigenvalue weighted by molar-refractivity contribution is 7.89. The van der Waals surface area contributed by atoms with Crippen molar-refractivity contribution in [1.82, 2.24) is 20.3 Å². The summed E-state index contributed by atoms with van der Waals surface area (Å²) in [6.45, 7) is 5.58. The molecule has 1 saturated carbocycles. The number of ether oxygens (including phenoxy) is 1. The maximum absolute atomic E-state index is 13.5. The minimum absolute atomic E-state index is 0.152. The highest BCUT2D eigenvalue weighted by Crippen LogP contribution is 2.47. The molecule has 12 heteroatoms. The quantitative estimate of drug-likeness (QED) is 0.503. The van der Waals surface area contributed by atoms with Crippen LogP contribution in [0.1, 0.15) is 85.0 Å². The number of hydrogen-bond acceptors (Lipinski definition) is 7. The van der Waals surface area contributed by atoms with Crippen molar-refractivity contribution in [3.8, 4) is 0 Å². The summed E-state index contributed by atoms with van der Waals surface area (Å²) in [5.41, 5.74) is -2.00. The Kier molecular flexibility index (Phi) is 8.57.